The fourth-order valence-corrected chi connectivity index (χ4v) is 5.50. The number of nitrogens with one attached hydrogen (secondary N) is 2. The SMILES string of the molecule is Cn1c(-c2ccc(C=NNC(=O)c3ccc(C(=O)NN=Cc4ccc(-c5c[n+]6ccccc6n5C)cc4)nc3)cc2)c[n+]2ccccc12. The quantitative estimate of drug-likeness (QED) is 0.149. The van der Waals surface area contributed by atoms with E-state index in [1.807, 2.05) is 99.3 Å². The first kappa shape index (κ1) is 29.9. The van der Waals surface area contributed by atoms with Gasteiger partial charge >= 0.3 is 0 Å². The smallest absolute Gasteiger partial charge is 0.267 e. The van der Waals surface area contributed by atoms with Crippen LogP contribution in [0, 0.1) is 0 Å². The van der Waals surface area contributed by atoms with Gasteiger partial charge in [0.25, 0.3) is 23.1 Å². The molecule has 0 aliphatic rings. The predicted octanol–water partition coefficient (Wildman–Crippen LogP) is 4.10. The van der Waals surface area contributed by atoms with Gasteiger partial charge in [-0.1, -0.05) is 36.4 Å². The Hall–Kier alpha value is -6.75. The van der Waals surface area contributed by atoms with Crippen LogP contribution in [0.4, 0.5) is 0 Å². The van der Waals surface area contributed by atoms with E-state index in [0.717, 1.165) is 44.9 Å². The number of rotatable bonds is 8. The van der Waals surface area contributed by atoms with Gasteiger partial charge in [0.2, 0.25) is 0 Å². The van der Waals surface area contributed by atoms with Crippen LogP contribution in [-0.4, -0.2) is 38.4 Å². The number of nitrogens with zero attached hydrogens (tertiary/aromatic N) is 7. The van der Waals surface area contributed by atoms with Gasteiger partial charge in [0, 0.05) is 29.5 Å². The Balaban J connectivity index is 0.911. The third-order valence-corrected chi connectivity index (χ3v) is 8.10. The summed E-state index contributed by atoms with van der Waals surface area (Å²) in [6, 6.07) is 30.9. The molecule has 2 amide bonds. The predicted molar refractivity (Wildman–Crippen MR) is 182 cm³/mol. The molecular weight excluding hydrogens is 602 g/mol. The molecule has 0 saturated carbocycles. The van der Waals surface area contributed by atoms with E-state index in [-0.39, 0.29) is 11.3 Å². The van der Waals surface area contributed by atoms with Crippen LogP contribution in [0.3, 0.4) is 0 Å². The van der Waals surface area contributed by atoms with Gasteiger partial charge in [-0.15, -0.1) is 0 Å². The highest BCUT2D eigenvalue weighted by Gasteiger charge is 2.16. The third kappa shape index (κ3) is 6.07. The van der Waals surface area contributed by atoms with Crippen molar-refractivity contribution in [3.05, 3.63) is 150 Å². The lowest BCUT2D eigenvalue weighted by atomic mass is 10.1. The summed E-state index contributed by atoms with van der Waals surface area (Å²) in [5, 5.41) is 8.14. The molecule has 5 aromatic heterocycles. The van der Waals surface area contributed by atoms with Crippen LogP contribution in [0.15, 0.2) is 138 Å². The highest BCUT2D eigenvalue weighted by Crippen LogP contribution is 2.21. The molecule has 7 rings (SSSR count). The molecule has 0 aliphatic carbocycles. The maximum Gasteiger partial charge on any atom is 0.289 e. The highest BCUT2D eigenvalue weighted by molar-refractivity contribution is 5.97. The molecule has 0 spiro atoms. The van der Waals surface area contributed by atoms with Gasteiger partial charge in [-0.2, -0.15) is 10.2 Å². The zero-order valence-electron chi connectivity index (χ0n) is 26.2. The summed E-state index contributed by atoms with van der Waals surface area (Å²) < 4.78 is 8.42. The Morgan fingerprint density at radius 3 is 1.60 bits per heavy atom. The van der Waals surface area contributed by atoms with Crippen molar-refractivity contribution >= 4 is 35.5 Å². The van der Waals surface area contributed by atoms with Crippen LogP contribution in [0.5, 0.6) is 0 Å². The first-order valence-corrected chi connectivity index (χ1v) is 15.2. The maximum atomic E-state index is 12.6. The van der Waals surface area contributed by atoms with Gasteiger partial charge in [0.1, 0.15) is 18.1 Å². The molecule has 0 radical (unpaired) electrons. The van der Waals surface area contributed by atoms with E-state index in [9.17, 15) is 9.59 Å². The summed E-state index contributed by atoms with van der Waals surface area (Å²) in [4.78, 5) is 29.3. The lowest BCUT2D eigenvalue weighted by Crippen LogP contribution is -2.21. The van der Waals surface area contributed by atoms with E-state index >= 15 is 0 Å². The first-order valence-electron chi connectivity index (χ1n) is 15.2. The summed E-state index contributed by atoms with van der Waals surface area (Å²) in [6.45, 7) is 0. The molecule has 0 bridgehead atoms. The molecular formula is C37H31N9O2+2. The summed E-state index contributed by atoms with van der Waals surface area (Å²) in [6.07, 6.45) is 12.7. The Morgan fingerprint density at radius 1 is 0.646 bits per heavy atom. The maximum absolute atomic E-state index is 12.6. The Labute approximate surface area is 275 Å². The average Bonchev–Trinajstić information content (AvgIpc) is 3.65. The molecule has 2 aromatic carbocycles. The molecule has 0 fully saturated rings. The van der Waals surface area contributed by atoms with E-state index in [1.54, 1.807) is 12.4 Å². The van der Waals surface area contributed by atoms with Gasteiger partial charge in [0.15, 0.2) is 11.4 Å². The molecule has 5 heterocycles. The molecule has 0 saturated heterocycles. The zero-order valence-corrected chi connectivity index (χ0v) is 26.2. The van der Waals surface area contributed by atoms with Crippen molar-refractivity contribution in [1.82, 2.24) is 25.0 Å². The molecule has 7 aromatic rings. The number of pyridine rings is 3. The number of hydrogen-bond donors (Lipinski definition) is 2. The van der Waals surface area contributed by atoms with E-state index in [1.165, 1.54) is 18.3 Å². The third-order valence-electron chi connectivity index (χ3n) is 8.10. The number of carbonyl (C=O) groups excluding carboxylic acids is 2. The Bertz CT molecular complexity index is 2170. The van der Waals surface area contributed by atoms with Crippen LogP contribution in [0.2, 0.25) is 0 Å². The number of amides is 2. The molecule has 11 heteroatoms. The van der Waals surface area contributed by atoms with Gasteiger partial charge in [-0.3, -0.25) is 14.6 Å². The van der Waals surface area contributed by atoms with Gasteiger partial charge in [-0.25, -0.2) is 28.8 Å². The van der Waals surface area contributed by atoms with Gasteiger partial charge in [0.05, 0.1) is 44.5 Å². The number of carbonyl (C=O) groups is 2. The van der Waals surface area contributed by atoms with Crippen LogP contribution in [0.25, 0.3) is 33.8 Å². The normalized spacial score (nSPS) is 11.5. The molecule has 0 atom stereocenters. The molecule has 234 valence electrons. The molecule has 2 N–H and O–H groups in total. The van der Waals surface area contributed by atoms with Gasteiger partial charge in [-0.05, 0) is 59.7 Å². The zero-order chi connectivity index (χ0) is 33.0. The number of aromatic nitrogens is 5. The number of hydrazone groups is 2. The number of hydrogen-bond acceptors (Lipinski definition) is 5. The summed E-state index contributed by atoms with van der Waals surface area (Å²) in [5.41, 5.74) is 13.5. The topological polar surface area (TPSA) is 114 Å². The average molecular weight is 634 g/mol. The van der Waals surface area contributed by atoms with Crippen molar-refractivity contribution in [2.75, 3.05) is 0 Å². The second kappa shape index (κ2) is 12.9. The lowest BCUT2D eigenvalue weighted by Gasteiger charge is -2.02. The van der Waals surface area contributed by atoms with E-state index in [4.69, 9.17) is 0 Å². The van der Waals surface area contributed by atoms with Crippen LogP contribution < -0.4 is 19.7 Å². The van der Waals surface area contributed by atoms with Crippen molar-refractivity contribution in [2.45, 2.75) is 0 Å². The Kier molecular flexibility index (Phi) is 8.06. The van der Waals surface area contributed by atoms with Crippen LogP contribution in [-0.2, 0) is 14.1 Å². The minimum atomic E-state index is -0.495. The summed E-state index contributed by atoms with van der Waals surface area (Å²) >= 11 is 0. The Morgan fingerprint density at radius 2 is 1.15 bits per heavy atom. The highest BCUT2D eigenvalue weighted by atomic mass is 16.2. The van der Waals surface area contributed by atoms with Crippen molar-refractivity contribution in [2.24, 2.45) is 24.3 Å². The van der Waals surface area contributed by atoms with Crippen LogP contribution in [0.1, 0.15) is 32.0 Å². The number of aryl methyl sites for hydroxylation is 2. The lowest BCUT2D eigenvalue weighted by molar-refractivity contribution is -0.510. The minimum absolute atomic E-state index is 0.125. The monoisotopic (exact) mass is 633 g/mol. The van der Waals surface area contributed by atoms with E-state index in [2.05, 4.69) is 68.5 Å². The second-order valence-corrected chi connectivity index (χ2v) is 11.2. The van der Waals surface area contributed by atoms with Crippen molar-refractivity contribution < 1.29 is 18.4 Å². The molecule has 48 heavy (non-hydrogen) atoms. The molecule has 0 aliphatic heterocycles. The number of benzene rings is 2. The second-order valence-electron chi connectivity index (χ2n) is 11.2. The fraction of sp³-hybridized carbons (Fsp3) is 0.0541. The van der Waals surface area contributed by atoms with Crippen molar-refractivity contribution in [3.63, 3.8) is 0 Å². The molecule has 11 nitrogen and oxygen atoms in total. The minimum Gasteiger partial charge on any atom is -0.267 e. The van der Waals surface area contributed by atoms with E-state index in [0.29, 0.717) is 0 Å². The van der Waals surface area contributed by atoms with Crippen LogP contribution >= 0.6 is 0 Å². The standard InChI is InChI=1S/C37H29N9O2/c1-43-32(24-45-19-5-3-7-34(43)45)28-13-9-26(10-14-28)21-39-41-36(47)30-17-18-31(38-23-30)37(48)42-40-22-27-11-15-29(16-12-27)33-25-46-20-6-4-8-35(46)44(33)2/h3-25H,1-2H3/p+2. The molecule has 0 unspecified atom stereocenters. The van der Waals surface area contributed by atoms with E-state index < -0.39 is 11.8 Å². The summed E-state index contributed by atoms with van der Waals surface area (Å²) in [5.74, 6) is -0.941. The van der Waals surface area contributed by atoms with Crippen molar-refractivity contribution in [1.29, 1.82) is 0 Å². The largest absolute Gasteiger partial charge is 0.289 e. The number of fused-ring (bicyclic) bond motifs is 2. The fourth-order valence-electron chi connectivity index (χ4n) is 5.50. The number of imidazole rings is 2. The first-order chi connectivity index (χ1) is 23.4. The van der Waals surface area contributed by atoms with Gasteiger partial charge < -0.3 is 0 Å². The van der Waals surface area contributed by atoms with Crippen molar-refractivity contribution in [3.8, 4) is 22.5 Å². The summed E-state index contributed by atoms with van der Waals surface area (Å²) in [7, 11) is 4.06.